The van der Waals surface area contributed by atoms with Crippen molar-refractivity contribution in [1.82, 2.24) is 4.98 Å². The Morgan fingerprint density at radius 3 is 1.97 bits per heavy atom. The molecule has 0 atom stereocenters. The van der Waals surface area contributed by atoms with Crippen LogP contribution in [0.2, 0.25) is 0 Å². The Labute approximate surface area is 215 Å². The van der Waals surface area contributed by atoms with Gasteiger partial charge in [0.15, 0.2) is 0 Å². The van der Waals surface area contributed by atoms with Gasteiger partial charge in [-0.05, 0) is 54.4 Å². The van der Waals surface area contributed by atoms with Crippen LogP contribution < -0.4 is 9.47 Å². The maximum atomic E-state index is 13.4. The predicted molar refractivity (Wildman–Crippen MR) is 144 cm³/mol. The number of hydrogen-bond acceptors (Lipinski definition) is 4. The molecule has 2 aromatic carbocycles. The fraction of sp³-hybridized carbons (Fsp3) is 0.419. The quantitative estimate of drug-likeness (QED) is 0.201. The van der Waals surface area contributed by atoms with E-state index in [0.717, 1.165) is 23.3 Å². The van der Waals surface area contributed by atoms with Gasteiger partial charge >= 0.3 is 0 Å². The molecule has 5 heteroatoms. The molecule has 0 fully saturated rings. The first-order chi connectivity index (χ1) is 17.7. The minimum atomic E-state index is -0.327. The Kier molecular flexibility index (Phi) is 11.2. The Morgan fingerprint density at radius 2 is 1.39 bits per heavy atom. The largest absolute Gasteiger partial charge is 0.494 e. The number of hydrogen-bond donors (Lipinski definition) is 0. The highest BCUT2D eigenvalue weighted by Crippen LogP contribution is 2.34. The third-order valence-corrected chi connectivity index (χ3v) is 6.36. The van der Waals surface area contributed by atoms with Crippen LogP contribution in [0.15, 0.2) is 54.6 Å². The number of benzene rings is 2. The summed E-state index contributed by atoms with van der Waals surface area (Å²) in [5.41, 5.74) is 3.26. The zero-order chi connectivity index (χ0) is 25.6. The van der Waals surface area contributed by atoms with Crippen LogP contribution in [0.5, 0.6) is 11.6 Å². The van der Waals surface area contributed by atoms with Crippen molar-refractivity contribution in [3.63, 3.8) is 0 Å². The molecule has 0 aliphatic rings. The Balaban J connectivity index is 1.54. The minimum absolute atomic E-state index is 0.246. The summed E-state index contributed by atoms with van der Waals surface area (Å²) in [7, 11) is 1.49. The van der Waals surface area contributed by atoms with E-state index in [4.69, 9.17) is 9.47 Å². The van der Waals surface area contributed by atoms with Crippen molar-refractivity contribution >= 4 is 0 Å². The molecule has 0 spiro atoms. The average molecular weight is 489 g/mol. The van der Waals surface area contributed by atoms with E-state index in [1.807, 2.05) is 30.3 Å². The standard InChI is InChI=1S/C31H37FN2O2/c1-3-4-5-6-7-8-9-10-11-12-21-36-27-19-15-25(16-20-27)30-22-28(24-13-17-26(32)18-14-24)29(23-33)31(34-30)35-2/h13-20,22H,3-12,21H2,1-2H3. The van der Waals surface area contributed by atoms with Crippen LogP contribution >= 0.6 is 0 Å². The van der Waals surface area contributed by atoms with E-state index in [1.54, 1.807) is 12.1 Å². The fourth-order valence-corrected chi connectivity index (χ4v) is 4.28. The number of nitriles is 1. The highest BCUT2D eigenvalue weighted by atomic mass is 19.1. The van der Waals surface area contributed by atoms with Crippen molar-refractivity contribution in [3.8, 4) is 40.1 Å². The summed E-state index contributed by atoms with van der Waals surface area (Å²) < 4.78 is 24.8. The van der Waals surface area contributed by atoms with Crippen molar-refractivity contribution in [2.45, 2.75) is 71.1 Å². The number of rotatable bonds is 15. The van der Waals surface area contributed by atoms with E-state index >= 15 is 0 Å². The molecule has 0 aliphatic carbocycles. The number of nitrogens with zero attached hydrogens (tertiary/aromatic N) is 2. The SMILES string of the molecule is CCCCCCCCCCCCOc1ccc(-c2cc(-c3ccc(F)cc3)c(C#N)c(OC)n2)cc1. The first-order valence-corrected chi connectivity index (χ1v) is 13.1. The Hall–Kier alpha value is -3.39. The molecule has 0 N–H and O–H groups in total. The molecule has 4 nitrogen and oxygen atoms in total. The lowest BCUT2D eigenvalue weighted by molar-refractivity contribution is 0.304. The first-order valence-electron chi connectivity index (χ1n) is 13.1. The molecule has 3 aromatic rings. The summed E-state index contributed by atoms with van der Waals surface area (Å²) in [5.74, 6) is 0.747. The van der Waals surface area contributed by atoms with Gasteiger partial charge in [-0.2, -0.15) is 5.26 Å². The van der Waals surface area contributed by atoms with Crippen LogP contribution in [0.4, 0.5) is 4.39 Å². The number of methoxy groups -OCH3 is 1. The predicted octanol–water partition coefficient (Wildman–Crippen LogP) is 8.73. The van der Waals surface area contributed by atoms with Crippen molar-refractivity contribution in [1.29, 1.82) is 5.26 Å². The first kappa shape index (κ1) is 27.2. The third-order valence-electron chi connectivity index (χ3n) is 6.36. The summed E-state index contributed by atoms with van der Waals surface area (Å²) in [4.78, 5) is 4.54. The summed E-state index contributed by atoms with van der Waals surface area (Å²) in [6.45, 7) is 2.97. The average Bonchev–Trinajstić information content (AvgIpc) is 2.91. The van der Waals surface area contributed by atoms with E-state index in [0.29, 0.717) is 23.4 Å². The molecule has 0 radical (unpaired) electrons. The highest BCUT2D eigenvalue weighted by molar-refractivity contribution is 5.77. The number of pyridine rings is 1. The molecule has 0 aliphatic heterocycles. The summed E-state index contributed by atoms with van der Waals surface area (Å²) in [5, 5.41) is 9.69. The molecule has 3 rings (SSSR count). The van der Waals surface area contributed by atoms with Crippen LogP contribution in [0.3, 0.4) is 0 Å². The van der Waals surface area contributed by atoms with Crippen LogP contribution in [0.25, 0.3) is 22.4 Å². The van der Waals surface area contributed by atoms with Gasteiger partial charge in [0.25, 0.3) is 0 Å². The number of ether oxygens (including phenoxy) is 2. The molecular formula is C31H37FN2O2. The van der Waals surface area contributed by atoms with Crippen LogP contribution in [0, 0.1) is 17.1 Å². The Morgan fingerprint density at radius 1 is 0.806 bits per heavy atom. The lowest BCUT2D eigenvalue weighted by Crippen LogP contribution is -1.99. The molecular weight excluding hydrogens is 451 g/mol. The summed E-state index contributed by atoms with van der Waals surface area (Å²) in [6, 6.07) is 17.9. The highest BCUT2D eigenvalue weighted by Gasteiger charge is 2.16. The zero-order valence-corrected chi connectivity index (χ0v) is 21.6. The molecule has 0 bridgehead atoms. The normalized spacial score (nSPS) is 10.7. The molecule has 1 aromatic heterocycles. The van der Waals surface area contributed by atoms with Crippen LogP contribution in [0.1, 0.15) is 76.7 Å². The molecule has 0 saturated heterocycles. The minimum Gasteiger partial charge on any atom is -0.494 e. The van der Waals surface area contributed by atoms with Gasteiger partial charge in [0.1, 0.15) is 23.2 Å². The maximum absolute atomic E-state index is 13.4. The molecule has 190 valence electrons. The lowest BCUT2D eigenvalue weighted by Gasteiger charge is -2.12. The molecule has 36 heavy (non-hydrogen) atoms. The van der Waals surface area contributed by atoms with Gasteiger partial charge in [0.2, 0.25) is 5.88 Å². The number of aromatic nitrogens is 1. The number of halogens is 1. The van der Waals surface area contributed by atoms with E-state index in [1.165, 1.54) is 77.0 Å². The van der Waals surface area contributed by atoms with E-state index in [9.17, 15) is 9.65 Å². The van der Waals surface area contributed by atoms with Gasteiger partial charge in [-0.3, -0.25) is 0 Å². The summed E-state index contributed by atoms with van der Waals surface area (Å²) in [6.07, 6.45) is 13.0. The van der Waals surface area contributed by atoms with E-state index < -0.39 is 0 Å². The van der Waals surface area contributed by atoms with Gasteiger partial charge in [-0.15, -0.1) is 0 Å². The second kappa shape index (κ2) is 14.9. The van der Waals surface area contributed by atoms with Crippen molar-refractivity contribution in [2.24, 2.45) is 0 Å². The zero-order valence-electron chi connectivity index (χ0n) is 21.6. The van der Waals surface area contributed by atoms with Crippen LogP contribution in [-0.4, -0.2) is 18.7 Å². The monoisotopic (exact) mass is 488 g/mol. The van der Waals surface area contributed by atoms with Crippen molar-refractivity contribution in [3.05, 3.63) is 66.0 Å². The van der Waals surface area contributed by atoms with Gasteiger partial charge in [-0.1, -0.05) is 76.8 Å². The number of unbranched alkanes of at least 4 members (excludes halogenated alkanes) is 9. The van der Waals surface area contributed by atoms with E-state index in [2.05, 4.69) is 18.0 Å². The van der Waals surface area contributed by atoms with Crippen molar-refractivity contribution in [2.75, 3.05) is 13.7 Å². The topological polar surface area (TPSA) is 55.1 Å². The Bertz CT molecular complexity index is 1110. The smallest absolute Gasteiger partial charge is 0.232 e. The molecule has 0 saturated carbocycles. The van der Waals surface area contributed by atoms with E-state index in [-0.39, 0.29) is 11.7 Å². The third kappa shape index (κ3) is 8.09. The lowest BCUT2D eigenvalue weighted by atomic mass is 9.98. The molecule has 0 amide bonds. The fourth-order valence-electron chi connectivity index (χ4n) is 4.28. The summed E-state index contributed by atoms with van der Waals surface area (Å²) >= 11 is 0. The van der Waals surface area contributed by atoms with Gasteiger partial charge < -0.3 is 9.47 Å². The maximum Gasteiger partial charge on any atom is 0.232 e. The van der Waals surface area contributed by atoms with Crippen molar-refractivity contribution < 1.29 is 13.9 Å². The molecule has 0 unspecified atom stereocenters. The molecule has 1 heterocycles. The second-order valence-corrected chi connectivity index (χ2v) is 9.11. The van der Waals surface area contributed by atoms with Crippen LogP contribution in [-0.2, 0) is 0 Å². The van der Waals surface area contributed by atoms with Gasteiger partial charge in [0.05, 0.1) is 19.4 Å². The van der Waals surface area contributed by atoms with Gasteiger partial charge in [0, 0.05) is 11.1 Å². The second-order valence-electron chi connectivity index (χ2n) is 9.11. The van der Waals surface area contributed by atoms with Gasteiger partial charge in [-0.25, -0.2) is 9.37 Å².